The molecule has 0 aliphatic heterocycles. The Balaban J connectivity index is 1.65. The summed E-state index contributed by atoms with van der Waals surface area (Å²) in [5, 5.41) is 5.61. The van der Waals surface area contributed by atoms with Gasteiger partial charge < -0.3 is 5.32 Å². The van der Waals surface area contributed by atoms with Gasteiger partial charge in [0.15, 0.2) is 0 Å². The molecule has 3 aromatic rings. The normalized spacial score (nSPS) is 9.96. The van der Waals surface area contributed by atoms with Crippen LogP contribution >= 0.6 is 11.6 Å². The summed E-state index contributed by atoms with van der Waals surface area (Å²) in [5.41, 5.74) is 1.46. The molecule has 23 heavy (non-hydrogen) atoms. The Bertz CT molecular complexity index is 921. The topological polar surface area (TPSA) is 29.1 Å². The van der Waals surface area contributed by atoms with Gasteiger partial charge in [-0.1, -0.05) is 59.8 Å². The van der Waals surface area contributed by atoms with E-state index < -0.39 is 0 Å². The first kappa shape index (κ1) is 15.1. The fourth-order valence-corrected chi connectivity index (χ4v) is 2.46. The predicted octanol–water partition coefficient (Wildman–Crippen LogP) is 4.27. The number of fused-ring (bicyclic) bond motifs is 1. The molecular formula is C20H14ClNO. The SMILES string of the molecule is O=C(NCC#Cc1cccc(Cl)c1)c1ccc2ccccc2c1. The van der Waals surface area contributed by atoms with E-state index in [2.05, 4.69) is 17.2 Å². The highest BCUT2D eigenvalue weighted by Gasteiger charge is 2.04. The Hall–Kier alpha value is -2.76. The summed E-state index contributed by atoms with van der Waals surface area (Å²) in [6.07, 6.45) is 0. The molecule has 3 aromatic carbocycles. The lowest BCUT2D eigenvalue weighted by Gasteiger charge is -2.03. The zero-order chi connectivity index (χ0) is 16.1. The third-order valence-electron chi connectivity index (χ3n) is 3.41. The largest absolute Gasteiger partial charge is 0.341 e. The fraction of sp³-hybridized carbons (Fsp3) is 0.0500. The lowest BCUT2D eigenvalue weighted by Crippen LogP contribution is -2.23. The number of nitrogens with one attached hydrogen (secondary N) is 1. The van der Waals surface area contributed by atoms with Gasteiger partial charge in [0.2, 0.25) is 0 Å². The zero-order valence-corrected chi connectivity index (χ0v) is 13.1. The van der Waals surface area contributed by atoms with Crippen molar-refractivity contribution in [2.75, 3.05) is 6.54 Å². The van der Waals surface area contributed by atoms with Crippen LogP contribution < -0.4 is 5.32 Å². The molecule has 0 heterocycles. The summed E-state index contributed by atoms with van der Waals surface area (Å²) in [6.45, 7) is 0.290. The van der Waals surface area contributed by atoms with Crippen molar-refractivity contribution in [1.29, 1.82) is 0 Å². The average Bonchev–Trinajstić information content (AvgIpc) is 2.58. The molecule has 0 spiro atoms. The van der Waals surface area contributed by atoms with Crippen molar-refractivity contribution in [2.24, 2.45) is 0 Å². The van der Waals surface area contributed by atoms with Gasteiger partial charge in [-0.2, -0.15) is 0 Å². The van der Waals surface area contributed by atoms with Crippen molar-refractivity contribution in [3.05, 3.63) is 82.9 Å². The third-order valence-corrected chi connectivity index (χ3v) is 3.64. The summed E-state index contributed by atoms with van der Waals surface area (Å²) in [6, 6.07) is 20.9. The Morgan fingerprint density at radius 3 is 2.61 bits per heavy atom. The van der Waals surface area contributed by atoms with Gasteiger partial charge in [0.25, 0.3) is 5.91 Å². The predicted molar refractivity (Wildman–Crippen MR) is 94.6 cm³/mol. The molecule has 112 valence electrons. The van der Waals surface area contributed by atoms with Crippen LogP contribution in [0.15, 0.2) is 66.7 Å². The van der Waals surface area contributed by atoms with Crippen molar-refractivity contribution in [3.63, 3.8) is 0 Å². The molecule has 3 rings (SSSR count). The monoisotopic (exact) mass is 319 g/mol. The van der Waals surface area contributed by atoms with Gasteiger partial charge >= 0.3 is 0 Å². The zero-order valence-electron chi connectivity index (χ0n) is 12.3. The first-order chi connectivity index (χ1) is 11.2. The van der Waals surface area contributed by atoms with E-state index in [1.54, 1.807) is 12.1 Å². The smallest absolute Gasteiger partial charge is 0.252 e. The molecule has 1 amide bonds. The Morgan fingerprint density at radius 2 is 1.78 bits per heavy atom. The molecule has 2 nitrogen and oxygen atoms in total. The van der Waals surface area contributed by atoms with Gasteiger partial charge in [0.05, 0.1) is 6.54 Å². The number of benzene rings is 3. The van der Waals surface area contributed by atoms with Gasteiger partial charge in [-0.05, 0) is 41.1 Å². The van der Waals surface area contributed by atoms with Crippen LogP contribution in [-0.2, 0) is 0 Å². The van der Waals surface area contributed by atoms with E-state index >= 15 is 0 Å². The minimum Gasteiger partial charge on any atom is -0.341 e. The second kappa shape index (κ2) is 7.00. The maximum absolute atomic E-state index is 12.2. The first-order valence-electron chi connectivity index (χ1n) is 7.24. The number of halogens is 1. The second-order valence-corrected chi connectivity index (χ2v) is 5.49. The Morgan fingerprint density at radius 1 is 0.957 bits per heavy atom. The van der Waals surface area contributed by atoms with Crippen molar-refractivity contribution in [2.45, 2.75) is 0 Å². The number of hydrogen-bond acceptors (Lipinski definition) is 1. The molecular weight excluding hydrogens is 306 g/mol. The highest BCUT2D eigenvalue weighted by molar-refractivity contribution is 6.30. The van der Waals surface area contributed by atoms with Crippen molar-refractivity contribution >= 4 is 28.3 Å². The van der Waals surface area contributed by atoms with Gasteiger partial charge in [-0.15, -0.1) is 0 Å². The van der Waals surface area contributed by atoms with E-state index in [0.29, 0.717) is 10.6 Å². The molecule has 3 heteroatoms. The lowest BCUT2D eigenvalue weighted by molar-refractivity contribution is 0.0959. The highest BCUT2D eigenvalue weighted by atomic mass is 35.5. The van der Waals surface area contributed by atoms with E-state index in [4.69, 9.17) is 11.6 Å². The van der Waals surface area contributed by atoms with Gasteiger partial charge in [0, 0.05) is 16.1 Å². The van der Waals surface area contributed by atoms with Gasteiger partial charge in [0.1, 0.15) is 0 Å². The Labute approximate surface area is 140 Å². The van der Waals surface area contributed by atoms with E-state index in [1.165, 1.54) is 0 Å². The van der Waals surface area contributed by atoms with E-state index in [9.17, 15) is 4.79 Å². The van der Waals surface area contributed by atoms with E-state index in [1.807, 2.05) is 54.6 Å². The van der Waals surface area contributed by atoms with E-state index in [0.717, 1.165) is 16.3 Å². The summed E-state index contributed by atoms with van der Waals surface area (Å²) < 4.78 is 0. The quantitative estimate of drug-likeness (QED) is 0.702. The number of carbonyl (C=O) groups excluding carboxylic acids is 1. The van der Waals surface area contributed by atoms with Crippen molar-refractivity contribution < 1.29 is 4.79 Å². The van der Waals surface area contributed by atoms with Crippen LogP contribution in [0.3, 0.4) is 0 Å². The molecule has 0 radical (unpaired) electrons. The fourth-order valence-electron chi connectivity index (χ4n) is 2.27. The van der Waals surface area contributed by atoms with Crippen LogP contribution in [0.2, 0.25) is 5.02 Å². The third kappa shape index (κ3) is 3.91. The summed E-state index contributed by atoms with van der Waals surface area (Å²) >= 11 is 5.90. The first-order valence-corrected chi connectivity index (χ1v) is 7.61. The number of rotatable bonds is 2. The molecule has 0 fully saturated rings. The van der Waals surface area contributed by atoms with Crippen LogP contribution in [-0.4, -0.2) is 12.5 Å². The lowest BCUT2D eigenvalue weighted by atomic mass is 10.1. The summed E-state index contributed by atoms with van der Waals surface area (Å²) in [7, 11) is 0. The summed E-state index contributed by atoms with van der Waals surface area (Å²) in [4.78, 5) is 12.2. The molecule has 1 N–H and O–H groups in total. The van der Waals surface area contributed by atoms with Crippen molar-refractivity contribution in [1.82, 2.24) is 5.32 Å². The average molecular weight is 320 g/mol. The van der Waals surface area contributed by atoms with E-state index in [-0.39, 0.29) is 12.5 Å². The van der Waals surface area contributed by atoms with Crippen LogP contribution in [0.25, 0.3) is 10.8 Å². The highest BCUT2D eigenvalue weighted by Crippen LogP contribution is 2.15. The molecule has 0 saturated carbocycles. The number of hydrogen-bond donors (Lipinski definition) is 1. The minimum atomic E-state index is -0.129. The Kier molecular flexibility index (Phi) is 4.61. The maximum atomic E-state index is 12.2. The molecule has 0 aliphatic carbocycles. The molecule has 0 aromatic heterocycles. The molecule has 0 saturated heterocycles. The van der Waals surface area contributed by atoms with Crippen LogP contribution in [0, 0.1) is 11.8 Å². The molecule has 0 unspecified atom stereocenters. The van der Waals surface area contributed by atoms with Gasteiger partial charge in [-0.25, -0.2) is 0 Å². The minimum absolute atomic E-state index is 0.129. The molecule has 0 atom stereocenters. The second-order valence-electron chi connectivity index (χ2n) is 5.06. The van der Waals surface area contributed by atoms with Crippen molar-refractivity contribution in [3.8, 4) is 11.8 Å². The number of amides is 1. The maximum Gasteiger partial charge on any atom is 0.252 e. The van der Waals surface area contributed by atoms with Crippen LogP contribution in [0.1, 0.15) is 15.9 Å². The molecule has 0 bridgehead atoms. The molecule has 0 aliphatic rings. The number of carbonyl (C=O) groups is 1. The van der Waals surface area contributed by atoms with Gasteiger partial charge in [-0.3, -0.25) is 4.79 Å². The van der Waals surface area contributed by atoms with Crippen LogP contribution in [0.5, 0.6) is 0 Å². The summed E-state index contributed by atoms with van der Waals surface area (Å²) in [5.74, 6) is 5.77. The standard InChI is InChI=1S/C20H14ClNO/c21-19-9-3-5-15(13-19)6-4-12-22-20(23)18-11-10-16-7-1-2-8-17(16)14-18/h1-3,5,7-11,13-14H,12H2,(H,22,23). The van der Waals surface area contributed by atoms with Crippen LogP contribution in [0.4, 0.5) is 0 Å².